The predicted molar refractivity (Wildman–Crippen MR) is 110 cm³/mol. The molecule has 1 unspecified atom stereocenters. The summed E-state index contributed by atoms with van der Waals surface area (Å²) in [6, 6.07) is 13.8. The smallest absolute Gasteiger partial charge is 0.325 e. The van der Waals surface area contributed by atoms with Gasteiger partial charge in [-0.25, -0.2) is 4.79 Å². The van der Waals surface area contributed by atoms with Crippen LogP contribution in [0.2, 0.25) is 0 Å². The van der Waals surface area contributed by atoms with Gasteiger partial charge < -0.3 is 15.4 Å². The second-order valence-electron chi connectivity index (χ2n) is 7.50. The second kappa shape index (κ2) is 7.95. The van der Waals surface area contributed by atoms with E-state index in [4.69, 9.17) is 4.74 Å². The molecule has 7 nitrogen and oxygen atoms in total. The quantitative estimate of drug-likeness (QED) is 0.735. The molecular formula is C22H25N3O4. The third-order valence-electron chi connectivity index (χ3n) is 5.11. The van der Waals surface area contributed by atoms with Crippen molar-refractivity contribution in [3.63, 3.8) is 0 Å². The third kappa shape index (κ3) is 4.08. The average molecular weight is 395 g/mol. The zero-order valence-corrected chi connectivity index (χ0v) is 17.0. The Morgan fingerprint density at radius 1 is 1.10 bits per heavy atom. The summed E-state index contributed by atoms with van der Waals surface area (Å²) < 4.78 is 5.13. The predicted octanol–water partition coefficient (Wildman–Crippen LogP) is 3.22. The number of methoxy groups -OCH3 is 1. The first-order chi connectivity index (χ1) is 13.7. The zero-order chi connectivity index (χ0) is 21.2. The van der Waals surface area contributed by atoms with E-state index < -0.39 is 23.4 Å². The van der Waals surface area contributed by atoms with Gasteiger partial charge in [0, 0.05) is 5.69 Å². The normalized spacial score (nSPS) is 18.7. The minimum absolute atomic E-state index is 0.359. The Bertz CT molecular complexity index is 922. The monoisotopic (exact) mass is 395 g/mol. The lowest BCUT2D eigenvalue weighted by Crippen LogP contribution is -2.42. The Kier molecular flexibility index (Phi) is 5.59. The van der Waals surface area contributed by atoms with Crippen molar-refractivity contribution < 1.29 is 19.1 Å². The number of nitrogens with zero attached hydrogens (tertiary/aromatic N) is 1. The van der Waals surface area contributed by atoms with Crippen molar-refractivity contribution in [2.24, 2.45) is 0 Å². The van der Waals surface area contributed by atoms with Gasteiger partial charge in [-0.3, -0.25) is 14.5 Å². The van der Waals surface area contributed by atoms with E-state index in [9.17, 15) is 14.4 Å². The van der Waals surface area contributed by atoms with Crippen LogP contribution in [0.4, 0.5) is 10.5 Å². The SMILES string of the molecule is COc1ccc(C2(C)NC(=O)N(CC(=O)Nc3ccc(C(C)C)cc3)C2=O)cc1. The molecule has 2 aromatic carbocycles. The van der Waals surface area contributed by atoms with Gasteiger partial charge in [-0.05, 0) is 48.2 Å². The van der Waals surface area contributed by atoms with E-state index in [1.165, 1.54) is 0 Å². The van der Waals surface area contributed by atoms with Gasteiger partial charge in [0.05, 0.1) is 7.11 Å². The molecule has 1 aliphatic rings. The van der Waals surface area contributed by atoms with E-state index in [2.05, 4.69) is 24.5 Å². The van der Waals surface area contributed by atoms with Crippen molar-refractivity contribution in [3.05, 3.63) is 59.7 Å². The molecule has 1 heterocycles. The fourth-order valence-corrected chi connectivity index (χ4v) is 3.26. The number of nitrogens with one attached hydrogen (secondary N) is 2. The molecule has 3 rings (SSSR count). The summed E-state index contributed by atoms with van der Waals surface area (Å²) >= 11 is 0. The van der Waals surface area contributed by atoms with Gasteiger partial charge in [0.1, 0.15) is 17.8 Å². The number of carbonyl (C=O) groups is 3. The van der Waals surface area contributed by atoms with Crippen LogP contribution in [0.25, 0.3) is 0 Å². The molecule has 1 saturated heterocycles. The van der Waals surface area contributed by atoms with Gasteiger partial charge >= 0.3 is 6.03 Å². The third-order valence-corrected chi connectivity index (χ3v) is 5.11. The minimum atomic E-state index is -1.23. The lowest BCUT2D eigenvalue weighted by atomic mass is 9.92. The van der Waals surface area contributed by atoms with E-state index in [1.807, 2.05) is 12.1 Å². The van der Waals surface area contributed by atoms with Crippen LogP contribution in [0.3, 0.4) is 0 Å². The van der Waals surface area contributed by atoms with E-state index in [1.54, 1.807) is 50.4 Å². The molecule has 7 heteroatoms. The Morgan fingerprint density at radius 3 is 2.28 bits per heavy atom. The van der Waals surface area contributed by atoms with Crippen LogP contribution in [0.1, 0.15) is 37.8 Å². The Hall–Kier alpha value is -3.35. The van der Waals surface area contributed by atoms with E-state index in [0.29, 0.717) is 22.9 Å². The highest BCUT2D eigenvalue weighted by Crippen LogP contribution is 2.30. The molecule has 0 bridgehead atoms. The molecule has 0 radical (unpaired) electrons. The number of urea groups is 1. The van der Waals surface area contributed by atoms with E-state index >= 15 is 0 Å². The lowest BCUT2D eigenvalue weighted by molar-refractivity contribution is -0.133. The number of benzene rings is 2. The van der Waals surface area contributed by atoms with Crippen molar-refractivity contribution >= 4 is 23.5 Å². The largest absolute Gasteiger partial charge is 0.497 e. The fraction of sp³-hybridized carbons (Fsp3) is 0.318. The number of imide groups is 1. The number of carbonyl (C=O) groups excluding carboxylic acids is 3. The summed E-state index contributed by atoms with van der Waals surface area (Å²) in [6.45, 7) is 5.44. The van der Waals surface area contributed by atoms with Crippen LogP contribution in [-0.4, -0.2) is 36.4 Å². The van der Waals surface area contributed by atoms with Crippen LogP contribution < -0.4 is 15.4 Å². The maximum Gasteiger partial charge on any atom is 0.325 e. The molecule has 1 aliphatic heterocycles. The van der Waals surface area contributed by atoms with Crippen molar-refractivity contribution in [2.75, 3.05) is 19.0 Å². The Morgan fingerprint density at radius 2 is 1.72 bits per heavy atom. The summed E-state index contributed by atoms with van der Waals surface area (Å²) in [7, 11) is 1.55. The molecule has 0 aromatic heterocycles. The first-order valence-electron chi connectivity index (χ1n) is 9.43. The molecular weight excluding hydrogens is 370 g/mol. The summed E-state index contributed by atoms with van der Waals surface area (Å²) in [5.74, 6) is 0.123. The van der Waals surface area contributed by atoms with Gasteiger partial charge in [0.25, 0.3) is 5.91 Å². The lowest BCUT2D eigenvalue weighted by Gasteiger charge is -2.22. The van der Waals surface area contributed by atoms with E-state index in [0.717, 1.165) is 10.5 Å². The molecule has 4 amide bonds. The highest BCUT2D eigenvalue weighted by Gasteiger charge is 2.49. The Balaban J connectivity index is 1.69. The summed E-state index contributed by atoms with van der Waals surface area (Å²) in [4.78, 5) is 38.7. The maximum absolute atomic E-state index is 12.9. The summed E-state index contributed by atoms with van der Waals surface area (Å²) in [6.07, 6.45) is 0. The van der Waals surface area contributed by atoms with Gasteiger partial charge in [0.2, 0.25) is 5.91 Å². The summed E-state index contributed by atoms with van der Waals surface area (Å²) in [5.41, 5.74) is 1.16. The van der Waals surface area contributed by atoms with Gasteiger partial charge in [0.15, 0.2) is 0 Å². The van der Waals surface area contributed by atoms with Crippen LogP contribution in [0, 0.1) is 0 Å². The van der Waals surface area contributed by atoms with Crippen LogP contribution >= 0.6 is 0 Å². The first-order valence-corrected chi connectivity index (χ1v) is 9.43. The standard InChI is InChI=1S/C22H25N3O4/c1-14(2)15-5-9-17(10-6-15)23-19(26)13-25-20(27)22(3,24-21(25)28)16-7-11-18(29-4)12-8-16/h5-12,14H,13H2,1-4H3,(H,23,26)(H,24,28). The maximum atomic E-state index is 12.9. The van der Waals surface area contributed by atoms with Gasteiger partial charge in [-0.15, -0.1) is 0 Å². The van der Waals surface area contributed by atoms with Crippen LogP contribution in [0.15, 0.2) is 48.5 Å². The minimum Gasteiger partial charge on any atom is -0.497 e. The second-order valence-corrected chi connectivity index (χ2v) is 7.50. The molecule has 2 N–H and O–H groups in total. The molecule has 1 atom stereocenters. The number of ether oxygens (including phenoxy) is 1. The summed E-state index contributed by atoms with van der Waals surface area (Å²) in [5, 5.41) is 5.42. The van der Waals surface area contributed by atoms with Crippen molar-refractivity contribution in [1.82, 2.24) is 10.2 Å². The molecule has 0 aliphatic carbocycles. The molecule has 29 heavy (non-hydrogen) atoms. The highest BCUT2D eigenvalue weighted by atomic mass is 16.5. The van der Waals surface area contributed by atoms with Crippen LogP contribution in [0.5, 0.6) is 5.75 Å². The molecule has 2 aromatic rings. The van der Waals surface area contributed by atoms with Crippen molar-refractivity contribution in [3.8, 4) is 5.75 Å². The number of amides is 4. The topological polar surface area (TPSA) is 87.7 Å². The number of hydrogen-bond acceptors (Lipinski definition) is 4. The van der Waals surface area contributed by atoms with Crippen LogP contribution in [-0.2, 0) is 15.1 Å². The zero-order valence-electron chi connectivity index (χ0n) is 17.0. The number of rotatable bonds is 6. The Labute approximate surface area is 170 Å². The number of anilines is 1. The highest BCUT2D eigenvalue weighted by molar-refractivity contribution is 6.10. The van der Waals surface area contributed by atoms with Gasteiger partial charge in [-0.1, -0.05) is 38.1 Å². The fourth-order valence-electron chi connectivity index (χ4n) is 3.26. The first kappa shape index (κ1) is 20.4. The molecule has 0 spiro atoms. The van der Waals surface area contributed by atoms with Crippen molar-refractivity contribution in [1.29, 1.82) is 0 Å². The number of hydrogen-bond donors (Lipinski definition) is 2. The molecule has 152 valence electrons. The average Bonchev–Trinajstić information content (AvgIpc) is 2.92. The molecule has 1 fully saturated rings. The molecule has 0 saturated carbocycles. The van der Waals surface area contributed by atoms with Gasteiger partial charge in [-0.2, -0.15) is 0 Å². The van der Waals surface area contributed by atoms with Crippen molar-refractivity contribution in [2.45, 2.75) is 32.2 Å². The van der Waals surface area contributed by atoms with E-state index in [-0.39, 0.29) is 6.54 Å².